The van der Waals surface area contributed by atoms with E-state index in [1.54, 1.807) is 0 Å². The SMILES string of the molecule is CC(C)Cc1nnc(NC(=O)C2(N)CCCC2)s1.Cl. The van der Waals surface area contributed by atoms with Crippen molar-refractivity contribution in [1.82, 2.24) is 10.2 Å². The van der Waals surface area contributed by atoms with Crippen LogP contribution < -0.4 is 11.1 Å². The molecule has 108 valence electrons. The maximum Gasteiger partial charge on any atom is 0.246 e. The number of nitrogens with two attached hydrogens (primary N) is 1. The van der Waals surface area contributed by atoms with Crippen molar-refractivity contribution < 1.29 is 4.79 Å². The highest BCUT2D eigenvalue weighted by Gasteiger charge is 2.37. The zero-order chi connectivity index (χ0) is 13.2. The van der Waals surface area contributed by atoms with E-state index in [1.807, 2.05) is 0 Å². The highest BCUT2D eigenvalue weighted by atomic mass is 35.5. The summed E-state index contributed by atoms with van der Waals surface area (Å²) in [6.45, 7) is 4.26. The zero-order valence-corrected chi connectivity index (χ0v) is 12.9. The number of rotatable bonds is 4. The lowest BCUT2D eigenvalue weighted by Gasteiger charge is -2.20. The molecule has 1 fully saturated rings. The van der Waals surface area contributed by atoms with Crippen LogP contribution in [0.15, 0.2) is 0 Å². The Hall–Kier alpha value is -0.720. The highest BCUT2D eigenvalue weighted by molar-refractivity contribution is 7.15. The number of nitrogens with one attached hydrogen (secondary N) is 1. The monoisotopic (exact) mass is 304 g/mol. The first-order chi connectivity index (χ1) is 8.49. The van der Waals surface area contributed by atoms with Gasteiger partial charge in [0.05, 0.1) is 5.54 Å². The number of anilines is 1. The van der Waals surface area contributed by atoms with E-state index in [0.717, 1.165) is 37.1 Å². The van der Waals surface area contributed by atoms with Gasteiger partial charge < -0.3 is 5.73 Å². The van der Waals surface area contributed by atoms with Crippen LogP contribution in [0.2, 0.25) is 0 Å². The fourth-order valence-corrected chi connectivity index (χ4v) is 3.14. The molecule has 5 nitrogen and oxygen atoms in total. The molecular formula is C12H21ClN4OS. The van der Waals surface area contributed by atoms with Crippen molar-refractivity contribution in [3.05, 3.63) is 5.01 Å². The van der Waals surface area contributed by atoms with Gasteiger partial charge in [-0.2, -0.15) is 0 Å². The highest BCUT2D eigenvalue weighted by Crippen LogP contribution is 2.29. The van der Waals surface area contributed by atoms with Gasteiger partial charge in [-0.1, -0.05) is 38.0 Å². The predicted octanol–water partition coefficient (Wildman–Crippen LogP) is 2.37. The molecule has 1 aliphatic rings. The number of hydrogen-bond donors (Lipinski definition) is 2. The molecule has 0 unspecified atom stereocenters. The van der Waals surface area contributed by atoms with Crippen molar-refractivity contribution in [3.63, 3.8) is 0 Å². The Balaban J connectivity index is 0.00000180. The van der Waals surface area contributed by atoms with Gasteiger partial charge in [0, 0.05) is 6.42 Å². The van der Waals surface area contributed by atoms with E-state index in [1.165, 1.54) is 11.3 Å². The minimum absolute atomic E-state index is 0. The number of aromatic nitrogens is 2. The van der Waals surface area contributed by atoms with Crippen LogP contribution in [0.4, 0.5) is 5.13 Å². The van der Waals surface area contributed by atoms with Gasteiger partial charge in [-0.3, -0.25) is 10.1 Å². The van der Waals surface area contributed by atoms with E-state index in [4.69, 9.17) is 5.73 Å². The Bertz CT molecular complexity index is 429. The normalized spacial score (nSPS) is 17.3. The van der Waals surface area contributed by atoms with Gasteiger partial charge in [0.1, 0.15) is 5.01 Å². The summed E-state index contributed by atoms with van der Waals surface area (Å²) in [5, 5.41) is 12.4. The predicted molar refractivity (Wildman–Crippen MR) is 79.7 cm³/mol. The summed E-state index contributed by atoms with van der Waals surface area (Å²) in [6.07, 6.45) is 4.46. The number of carbonyl (C=O) groups is 1. The smallest absolute Gasteiger partial charge is 0.246 e. The second-order valence-electron chi connectivity index (χ2n) is 5.42. The third kappa shape index (κ3) is 4.12. The quantitative estimate of drug-likeness (QED) is 0.895. The van der Waals surface area contributed by atoms with Crippen molar-refractivity contribution in [2.75, 3.05) is 5.32 Å². The standard InChI is InChI=1S/C12H20N4OS.ClH/c1-8(2)7-9-15-16-11(18-9)14-10(17)12(13)5-3-4-6-12;/h8H,3-7,13H2,1-2H3,(H,14,16,17);1H. The molecule has 1 aromatic rings. The molecule has 1 amide bonds. The minimum atomic E-state index is -0.704. The van der Waals surface area contributed by atoms with E-state index < -0.39 is 5.54 Å². The number of carbonyl (C=O) groups excluding carboxylic acids is 1. The first kappa shape index (κ1) is 16.3. The number of amides is 1. The summed E-state index contributed by atoms with van der Waals surface area (Å²) in [5.74, 6) is 0.421. The van der Waals surface area contributed by atoms with Crippen molar-refractivity contribution in [1.29, 1.82) is 0 Å². The molecule has 1 saturated carbocycles. The Morgan fingerprint density at radius 1 is 1.42 bits per heavy atom. The zero-order valence-electron chi connectivity index (χ0n) is 11.3. The molecule has 0 atom stereocenters. The summed E-state index contributed by atoms with van der Waals surface area (Å²) in [6, 6.07) is 0. The summed E-state index contributed by atoms with van der Waals surface area (Å²) in [7, 11) is 0. The van der Waals surface area contributed by atoms with Crippen molar-refractivity contribution in [2.24, 2.45) is 11.7 Å². The Labute approximate surface area is 123 Å². The Kier molecular flexibility index (Phi) is 5.70. The number of nitrogens with zero attached hydrogens (tertiary/aromatic N) is 2. The molecule has 2 rings (SSSR count). The molecule has 3 N–H and O–H groups in total. The van der Waals surface area contributed by atoms with Gasteiger partial charge in [0.15, 0.2) is 0 Å². The van der Waals surface area contributed by atoms with Gasteiger partial charge in [0.25, 0.3) is 0 Å². The van der Waals surface area contributed by atoms with Crippen molar-refractivity contribution in [2.45, 2.75) is 51.5 Å². The topological polar surface area (TPSA) is 80.9 Å². The van der Waals surface area contributed by atoms with Crippen LogP contribution >= 0.6 is 23.7 Å². The lowest BCUT2D eigenvalue weighted by molar-refractivity contribution is -0.121. The first-order valence-electron chi connectivity index (χ1n) is 6.42. The molecule has 0 radical (unpaired) electrons. The van der Waals surface area contributed by atoms with Gasteiger partial charge in [-0.05, 0) is 18.8 Å². The van der Waals surface area contributed by atoms with Crippen LogP contribution in [0.1, 0.15) is 44.5 Å². The molecule has 0 spiro atoms. The van der Waals surface area contributed by atoms with Crippen LogP contribution in [0.5, 0.6) is 0 Å². The van der Waals surface area contributed by atoms with Crippen LogP contribution in [0.3, 0.4) is 0 Å². The lowest BCUT2D eigenvalue weighted by Crippen LogP contribution is -2.48. The molecule has 1 aliphatic carbocycles. The summed E-state index contributed by atoms with van der Waals surface area (Å²) in [4.78, 5) is 12.1. The van der Waals surface area contributed by atoms with E-state index >= 15 is 0 Å². The molecule has 19 heavy (non-hydrogen) atoms. The molecule has 0 aromatic carbocycles. The second kappa shape index (κ2) is 6.63. The summed E-state index contributed by atoms with van der Waals surface area (Å²) >= 11 is 1.44. The van der Waals surface area contributed by atoms with Gasteiger partial charge in [-0.15, -0.1) is 22.6 Å². The molecule has 0 aliphatic heterocycles. The van der Waals surface area contributed by atoms with E-state index in [-0.39, 0.29) is 18.3 Å². The third-order valence-electron chi connectivity index (χ3n) is 3.22. The van der Waals surface area contributed by atoms with Crippen molar-refractivity contribution in [3.8, 4) is 0 Å². The maximum atomic E-state index is 12.1. The van der Waals surface area contributed by atoms with Gasteiger partial charge >= 0.3 is 0 Å². The molecule has 0 bridgehead atoms. The summed E-state index contributed by atoms with van der Waals surface area (Å²) in [5.41, 5.74) is 5.38. The molecule has 1 heterocycles. The van der Waals surface area contributed by atoms with Crippen LogP contribution in [-0.2, 0) is 11.2 Å². The minimum Gasteiger partial charge on any atom is -0.317 e. The first-order valence-corrected chi connectivity index (χ1v) is 7.24. The molecule has 0 saturated heterocycles. The van der Waals surface area contributed by atoms with Gasteiger partial charge in [-0.25, -0.2) is 0 Å². The van der Waals surface area contributed by atoms with Crippen LogP contribution in [-0.4, -0.2) is 21.6 Å². The third-order valence-corrected chi connectivity index (χ3v) is 4.08. The summed E-state index contributed by atoms with van der Waals surface area (Å²) < 4.78 is 0. The molecule has 1 aromatic heterocycles. The van der Waals surface area contributed by atoms with E-state index in [2.05, 4.69) is 29.4 Å². The largest absolute Gasteiger partial charge is 0.317 e. The second-order valence-corrected chi connectivity index (χ2v) is 6.48. The Morgan fingerprint density at radius 3 is 2.63 bits per heavy atom. The lowest BCUT2D eigenvalue weighted by atomic mass is 9.98. The molecule has 7 heteroatoms. The fraction of sp³-hybridized carbons (Fsp3) is 0.750. The number of hydrogen-bond acceptors (Lipinski definition) is 5. The van der Waals surface area contributed by atoms with Crippen molar-refractivity contribution >= 4 is 34.8 Å². The van der Waals surface area contributed by atoms with Crippen LogP contribution in [0.25, 0.3) is 0 Å². The maximum absolute atomic E-state index is 12.1. The van der Waals surface area contributed by atoms with E-state index in [0.29, 0.717) is 11.0 Å². The number of halogens is 1. The molecular weight excluding hydrogens is 284 g/mol. The van der Waals surface area contributed by atoms with Gasteiger partial charge in [0.2, 0.25) is 11.0 Å². The average Bonchev–Trinajstić information content (AvgIpc) is 2.88. The fourth-order valence-electron chi connectivity index (χ4n) is 2.19. The van der Waals surface area contributed by atoms with Crippen LogP contribution in [0, 0.1) is 5.92 Å². The average molecular weight is 305 g/mol. The Morgan fingerprint density at radius 2 is 2.05 bits per heavy atom. The van der Waals surface area contributed by atoms with E-state index in [9.17, 15) is 4.79 Å².